The Morgan fingerprint density at radius 2 is 1.07 bits per heavy atom. The third-order valence-electron chi connectivity index (χ3n) is 15.0. The van der Waals surface area contributed by atoms with E-state index in [0.29, 0.717) is 5.92 Å². The second-order valence-corrected chi connectivity index (χ2v) is 18.7. The molecule has 3 fully saturated rings. The van der Waals surface area contributed by atoms with Crippen LogP contribution in [0.5, 0.6) is 0 Å². The number of benzene rings is 7. The summed E-state index contributed by atoms with van der Waals surface area (Å²) in [6, 6.07) is 62.5. The molecule has 0 aromatic heterocycles. The van der Waals surface area contributed by atoms with Crippen molar-refractivity contribution >= 4 is 17.1 Å². The smallest absolute Gasteiger partial charge is 0.0540 e. The standard InChI is InChI=1S/C58H55N/c1-58(2)55-37-45(42-25-23-41(24-26-42)40-13-5-3-6-14-40)29-33-51(55)52-34-32-48(38-56(52)58)59(47-30-27-44(28-31-47)54-36-39-21-22-46(54)35-39)57-20-12-11-19-53(57)50-18-10-9-17-49(50)43-15-7-4-8-16-43/h3,5-6,9-14,17-20,23-34,37-39,43,46,54H,4,7-8,15-16,21-22,35-36H2,1-2H3. The van der Waals surface area contributed by atoms with Gasteiger partial charge in [-0.2, -0.15) is 0 Å². The van der Waals surface area contributed by atoms with E-state index in [1.54, 1.807) is 0 Å². The molecule has 0 amide bonds. The number of fused-ring (bicyclic) bond motifs is 5. The van der Waals surface area contributed by atoms with Crippen LogP contribution in [-0.4, -0.2) is 0 Å². The fraction of sp³-hybridized carbons (Fsp3) is 0.276. The Morgan fingerprint density at radius 1 is 0.458 bits per heavy atom. The zero-order valence-corrected chi connectivity index (χ0v) is 34.7. The van der Waals surface area contributed by atoms with Crippen molar-refractivity contribution in [1.82, 2.24) is 0 Å². The molecule has 7 aromatic carbocycles. The van der Waals surface area contributed by atoms with Crippen molar-refractivity contribution in [3.8, 4) is 44.5 Å². The Labute approximate surface area is 351 Å². The van der Waals surface area contributed by atoms with Crippen LogP contribution in [0.3, 0.4) is 0 Å². The molecule has 1 nitrogen and oxygen atoms in total. The fourth-order valence-electron chi connectivity index (χ4n) is 11.9. The topological polar surface area (TPSA) is 3.24 Å². The zero-order valence-electron chi connectivity index (χ0n) is 34.7. The van der Waals surface area contributed by atoms with E-state index in [1.807, 2.05) is 0 Å². The van der Waals surface area contributed by atoms with Crippen LogP contribution in [-0.2, 0) is 5.41 Å². The van der Waals surface area contributed by atoms with Gasteiger partial charge in [0.05, 0.1) is 5.69 Å². The zero-order chi connectivity index (χ0) is 39.5. The van der Waals surface area contributed by atoms with Gasteiger partial charge < -0.3 is 4.90 Å². The minimum atomic E-state index is -0.162. The molecule has 4 aliphatic rings. The van der Waals surface area contributed by atoms with E-state index < -0.39 is 0 Å². The summed E-state index contributed by atoms with van der Waals surface area (Å²) in [4.78, 5) is 2.57. The number of rotatable bonds is 8. The van der Waals surface area contributed by atoms with Crippen molar-refractivity contribution in [3.05, 3.63) is 186 Å². The number of para-hydroxylation sites is 1. The highest BCUT2D eigenvalue weighted by atomic mass is 15.1. The highest BCUT2D eigenvalue weighted by Crippen LogP contribution is 2.55. The van der Waals surface area contributed by atoms with Gasteiger partial charge in [0.15, 0.2) is 0 Å². The summed E-state index contributed by atoms with van der Waals surface area (Å²) in [5, 5.41) is 0. The molecular formula is C58H55N. The Morgan fingerprint density at radius 3 is 1.80 bits per heavy atom. The normalized spacial score (nSPS) is 20.3. The lowest BCUT2D eigenvalue weighted by Crippen LogP contribution is -2.17. The second kappa shape index (κ2) is 14.9. The molecule has 3 atom stereocenters. The van der Waals surface area contributed by atoms with Crippen molar-refractivity contribution < 1.29 is 0 Å². The Kier molecular flexibility index (Phi) is 9.18. The lowest BCUT2D eigenvalue weighted by atomic mass is 9.80. The highest BCUT2D eigenvalue weighted by Gasteiger charge is 2.40. The minimum absolute atomic E-state index is 0.162. The van der Waals surface area contributed by atoms with Gasteiger partial charge in [-0.1, -0.05) is 167 Å². The van der Waals surface area contributed by atoms with Crippen molar-refractivity contribution in [1.29, 1.82) is 0 Å². The summed E-state index contributed by atoms with van der Waals surface area (Å²) in [5.74, 6) is 3.14. The maximum Gasteiger partial charge on any atom is 0.0540 e. The van der Waals surface area contributed by atoms with Gasteiger partial charge in [0.1, 0.15) is 0 Å². The van der Waals surface area contributed by atoms with Crippen molar-refractivity contribution in [2.75, 3.05) is 4.90 Å². The van der Waals surface area contributed by atoms with Gasteiger partial charge in [-0.05, 0) is 153 Å². The van der Waals surface area contributed by atoms with Crippen LogP contribution in [0.4, 0.5) is 17.1 Å². The molecular weight excluding hydrogens is 711 g/mol. The summed E-state index contributed by atoms with van der Waals surface area (Å²) in [5.41, 5.74) is 19.8. The number of nitrogens with zero attached hydrogens (tertiary/aromatic N) is 1. The van der Waals surface area contributed by atoms with E-state index in [0.717, 1.165) is 17.8 Å². The van der Waals surface area contributed by atoms with Crippen molar-refractivity contribution in [2.24, 2.45) is 11.8 Å². The molecule has 0 aliphatic heterocycles. The van der Waals surface area contributed by atoms with Crippen molar-refractivity contribution in [3.63, 3.8) is 0 Å². The first-order valence-corrected chi connectivity index (χ1v) is 22.5. The first kappa shape index (κ1) is 36.4. The van der Waals surface area contributed by atoms with Gasteiger partial charge in [-0.15, -0.1) is 0 Å². The van der Waals surface area contributed by atoms with E-state index in [-0.39, 0.29) is 5.41 Å². The molecule has 4 aliphatic carbocycles. The van der Waals surface area contributed by atoms with E-state index in [4.69, 9.17) is 0 Å². The predicted molar refractivity (Wildman–Crippen MR) is 249 cm³/mol. The van der Waals surface area contributed by atoms with E-state index in [2.05, 4.69) is 183 Å². The quantitative estimate of drug-likeness (QED) is 0.149. The maximum absolute atomic E-state index is 2.57. The summed E-state index contributed by atoms with van der Waals surface area (Å²) < 4.78 is 0. The van der Waals surface area contributed by atoms with Crippen LogP contribution in [0, 0.1) is 11.8 Å². The molecule has 3 unspecified atom stereocenters. The summed E-state index contributed by atoms with van der Waals surface area (Å²) in [6.07, 6.45) is 12.2. The average Bonchev–Trinajstić information content (AvgIpc) is 4.00. The lowest BCUT2D eigenvalue weighted by Gasteiger charge is -2.31. The Bertz CT molecular complexity index is 2630. The molecule has 7 aromatic rings. The summed E-state index contributed by atoms with van der Waals surface area (Å²) >= 11 is 0. The molecule has 0 saturated heterocycles. The molecule has 59 heavy (non-hydrogen) atoms. The summed E-state index contributed by atoms with van der Waals surface area (Å²) in [7, 11) is 0. The first-order chi connectivity index (χ1) is 29.0. The fourth-order valence-corrected chi connectivity index (χ4v) is 11.9. The number of anilines is 3. The first-order valence-electron chi connectivity index (χ1n) is 22.5. The van der Waals surface area contributed by atoms with Gasteiger partial charge >= 0.3 is 0 Å². The van der Waals surface area contributed by atoms with Gasteiger partial charge in [-0.25, -0.2) is 0 Å². The monoisotopic (exact) mass is 765 g/mol. The molecule has 0 N–H and O–H groups in total. The van der Waals surface area contributed by atoms with Crippen LogP contribution in [0.1, 0.15) is 106 Å². The van der Waals surface area contributed by atoms with E-state index in [9.17, 15) is 0 Å². The largest absolute Gasteiger partial charge is 0.310 e. The number of hydrogen-bond donors (Lipinski definition) is 0. The maximum atomic E-state index is 2.57. The third kappa shape index (κ3) is 6.46. The molecule has 3 saturated carbocycles. The molecule has 1 heteroatoms. The van der Waals surface area contributed by atoms with Gasteiger partial charge in [0, 0.05) is 22.4 Å². The highest BCUT2D eigenvalue weighted by molar-refractivity contribution is 5.92. The molecule has 0 radical (unpaired) electrons. The molecule has 0 heterocycles. The predicted octanol–water partition coefficient (Wildman–Crippen LogP) is 16.4. The summed E-state index contributed by atoms with van der Waals surface area (Å²) in [6.45, 7) is 4.85. The Hall–Kier alpha value is -5.66. The van der Waals surface area contributed by atoms with Gasteiger partial charge in [-0.3, -0.25) is 0 Å². The molecule has 2 bridgehead atoms. The number of hydrogen-bond acceptors (Lipinski definition) is 1. The van der Waals surface area contributed by atoms with Crippen LogP contribution in [0.2, 0.25) is 0 Å². The molecule has 0 spiro atoms. The second-order valence-electron chi connectivity index (χ2n) is 18.7. The van der Waals surface area contributed by atoms with Crippen LogP contribution >= 0.6 is 0 Å². The SMILES string of the molecule is CC1(C)c2cc(-c3ccc(-c4ccccc4)cc3)ccc2-c2ccc(N(c3ccc(C4CC5CCC4C5)cc3)c3ccccc3-c3ccccc3C3CCCCC3)cc21. The van der Waals surface area contributed by atoms with Crippen LogP contribution in [0.15, 0.2) is 164 Å². The molecule has 292 valence electrons. The third-order valence-corrected chi connectivity index (χ3v) is 15.0. The average molecular weight is 766 g/mol. The van der Waals surface area contributed by atoms with Crippen LogP contribution in [0.25, 0.3) is 44.5 Å². The Balaban J connectivity index is 0.996. The van der Waals surface area contributed by atoms with Crippen molar-refractivity contribution in [2.45, 2.75) is 88.9 Å². The van der Waals surface area contributed by atoms with E-state index in [1.165, 1.54) is 142 Å². The van der Waals surface area contributed by atoms with E-state index >= 15 is 0 Å². The minimum Gasteiger partial charge on any atom is -0.310 e. The lowest BCUT2D eigenvalue weighted by molar-refractivity contribution is 0.420. The van der Waals surface area contributed by atoms with Crippen LogP contribution < -0.4 is 4.90 Å². The van der Waals surface area contributed by atoms with Gasteiger partial charge in [0.25, 0.3) is 0 Å². The van der Waals surface area contributed by atoms with Gasteiger partial charge in [0.2, 0.25) is 0 Å². The molecule has 11 rings (SSSR count).